The number of methoxy groups -OCH3 is 1. The van der Waals surface area contributed by atoms with Crippen molar-refractivity contribution in [3.8, 4) is 5.75 Å². The van der Waals surface area contributed by atoms with E-state index in [0.717, 1.165) is 17.1 Å². The highest BCUT2D eigenvalue weighted by molar-refractivity contribution is 7.99. The van der Waals surface area contributed by atoms with Gasteiger partial charge in [-0.2, -0.15) is 0 Å². The minimum absolute atomic E-state index is 0.114. The predicted octanol–water partition coefficient (Wildman–Crippen LogP) is 1.65. The summed E-state index contributed by atoms with van der Waals surface area (Å²) in [6.45, 7) is 2.54. The molecule has 114 valence electrons. The van der Waals surface area contributed by atoms with E-state index in [2.05, 4.69) is 15.5 Å². The van der Waals surface area contributed by atoms with E-state index in [1.807, 2.05) is 38.2 Å². The van der Waals surface area contributed by atoms with Crippen LogP contribution in [0.5, 0.6) is 5.75 Å². The number of hydrogen-bond acceptors (Lipinski definition) is 5. The molecule has 2 aromatic rings. The van der Waals surface area contributed by atoms with E-state index in [1.165, 1.54) is 0 Å². The summed E-state index contributed by atoms with van der Waals surface area (Å²) in [7, 11) is 3.58. The molecule has 0 saturated carbocycles. The minimum Gasteiger partial charge on any atom is -0.496 e. The summed E-state index contributed by atoms with van der Waals surface area (Å²) in [6, 6.07) is 8.04. The molecule has 1 aromatic heterocycles. The number of aromatic amines is 1. The number of ether oxygens (including phenoxy) is 1. The Bertz CT molecular complexity index is 638. The Morgan fingerprint density at radius 3 is 2.90 bits per heavy atom. The van der Waals surface area contributed by atoms with Crippen LogP contribution < -0.4 is 15.7 Å². The number of rotatable bonds is 7. The van der Waals surface area contributed by atoms with Crippen molar-refractivity contribution < 1.29 is 4.74 Å². The van der Waals surface area contributed by atoms with Crippen molar-refractivity contribution in [1.29, 1.82) is 0 Å². The van der Waals surface area contributed by atoms with Gasteiger partial charge in [-0.15, -0.1) is 5.10 Å². The lowest BCUT2D eigenvalue weighted by atomic mass is 10.1. The Labute approximate surface area is 127 Å². The van der Waals surface area contributed by atoms with Gasteiger partial charge in [0, 0.05) is 23.9 Å². The van der Waals surface area contributed by atoms with Gasteiger partial charge in [0.2, 0.25) is 0 Å². The Hall–Kier alpha value is -1.73. The molecule has 0 radical (unpaired) electrons. The van der Waals surface area contributed by atoms with Crippen LogP contribution in [0.15, 0.2) is 34.2 Å². The van der Waals surface area contributed by atoms with Crippen LogP contribution >= 0.6 is 11.8 Å². The lowest BCUT2D eigenvalue weighted by Gasteiger charge is -2.18. The van der Waals surface area contributed by atoms with Crippen molar-refractivity contribution in [3.63, 3.8) is 0 Å². The second kappa shape index (κ2) is 7.33. The molecule has 21 heavy (non-hydrogen) atoms. The number of nitrogens with zero attached hydrogens (tertiary/aromatic N) is 2. The highest BCUT2D eigenvalue weighted by atomic mass is 32.2. The second-order valence-corrected chi connectivity index (χ2v) is 5.44. The van der Waals surface area contributed by atoms with E-state index < -0.39 is 0 Å². The molecule has 1 unspecified atom stereocenters. The molecule has 0 aliphatic heterocycles. The molecule has 2 N–H and O–H groups in total. The second-order valence-electron chi connectivity index (χ2n) is 4.45. The van der Waals surface area contributed by atoms with E-state index in [1.54, 1.807) is 23.4 Å². The molecule has 0 saturated heterocycles. The van der Waals surface area contributed by atoms with Crippen molar-refractivity contribution in [2.45, 2.75) is 24.7 Å². The monoisotopic (exact) mass is 308 g/mol. The summed E-state index contributed by atoms with van der Waals surface area (Å²) in [4.78, 5) is 11.6. The average molecular weight is 308 g/mol. The summed E-state index contributed by atoms with van der Waals surface area (Å²) in [5.41, 5.74) is 0.925. The fourth-order valence-corrected chi connectivity index (χ4v) is 3.27. The van der Waals surface area contributed by atoms with Gasteiger partial charge in [-0.25, -0.2) is 9.89 Å². The van der Waals surface area contributed by atoms with E-state index in [9.17, 15) is 4.79 Å². The van der Waals surface area contributed by atoms with E-state index in [-0.39, 0.29) is 11.7 Å². The molecule has 1 aromatic carbocycles. The van der Waals surface area contributed by atoms with Crippen molar-refractivity contribution in [3.05, 3.63) is 40.3 Å². The number of para-hydroxylation sites is 1. The first kappa shape index (κ1) is 15.7. The first-order valence-corrected chi connectivity index (χ1v) is 7.78. The Kier molecular flexibility index (Phi) is 5.46. The molecule has 0 fully saturated rings. The number of aromatic nitrogens is 3. The first-order chi connectivity index (χ1) is 10.2. The third kappa shape index (κ3) is 3.48. The maximum absolute atomic E-state index is 11.6. The maximum Gasteiger partial charge on any atom is 0.343 e. The predicted molar refractivity (Wildman–Crippen MR) is 84.0 cm³/mol. The molecule has 0 aliphatic carbocycles. The third-order valence-corrected chi connectivity index (χ3v) is 4.35. The molecular weight excluding hydrogens is 288 g/mol. The van der Waals surface area contributed by atoms with Crippen LogP contribution in [-0.4, -0.2) is 34.7 Å². The zero-order chi connectivity index (χ0) is 15.2. The van der Waals surface area contributed by atoms with Gasteiger partial charge in [-0.05, 0) is 20.0 Å². The third-order valence-electron chi connectivity index (χ3n) is 3.28. The minimum atomic E-state index is -0.168. The zero-order valence-electron chi connectivity index (χ0n) is 12.4. The van der Waals surface area contributed by atoms with Gasteiger partial charge in [0.1, 0.15) is 5.75 Å². The fraction of sp³-hybridized carbons (Fsp3) is 0.429. The van der Waals surface area contributed by atoms with E-state index in [4.69, 9.17) is 4.74 Å². The lowest BCUT2D eigenvalue weighted by molar-refractivity contribution is 0.404. The van der Waals surface area contributed by atoms with Gasteiger partial charge < -0.3 is 10.1 Å². The van der Waals surface area contributed by atoms with Gasteiger partial charge in [-0.3, -0.25) is 4.57 Å². The molecule has 7 heteroatoms. The van der Waals surface area contributed by atoms with Crippen LogP contribution in [0, 0.1) is 0 Å². The molecule has 1 atom stereocenters. The number of thioether (sulfide) groups is 1. The Morgan fingerprint density at radius 1 is 1.48 bits per heavy atom. The number of benzene rings is 1. The summed E-state index contributed by atoms with van der Waals surface area (Å²) in [6.07, 6.45) is 0. The van der Waals surface area contributed by atoms with E-state index in [0.29, 0.717) is 11.7 Å². The van der Waals surface area contributed by atoms with Crippen molar-refractivity contribution >= 4 is 11.8 Å². The summed E-state index contributed by atoms with van der Waals surface area (Å²) < 4.78 is 7.03. The van der Waals surface area contributed by atoms with Crippen LogP contribution in [0.4, 0.5) is 0 Å². The van der Waals surface area contributed by atoms with Crippen LogP contribution in [0.2, 0.25) is 0 Å². The Morgan fingerprint density at radius 2 is 2.24 bits per heavy atom. The summed E-state index contributed by atoms with van der Waals surface area (Å²) in [5, 5.41) is 10.5. The molecule has 0 aliphatic rings. The van der Waals surface area contributed by atoms with E-state index >= 15 is 0 Å². The van der Waals surface area contributed by atoms with Gasteiger partial charge in [0.05, 0.1) is 7.11 Å². The lowest BCUT2D eigenvalue weighted by Crippen LogP contribution is -2.20. The smallest absolute Gasteiger partial charge is 0.343 e. The van der Waals surface area contributed by atoms with Gasteiger partial charge in [0.15, 0.2) is 5.16 Å². The molecule has 6 nitrogen and oxygen atoms in total. The molecule has 0 spiro atoms. The van der Waals surface area contributed by atoms with Gasteiger partial charge >= 0.3 is 5.69 Å². The van der Waals surface area contributed by atoms with Crippen LogP contribution in [0.25, 0.3) is 0 Å². The fourth-order valence-electron chi connectivity index (χ4n) is 2.13. The molecule has 0 bridgehead atoms. The normalized spacial score (nSPS) is 12.3. The largest absolute Gasteiger partial charge is 0.496 e. The standard InChI is InChI=1S/C14H20N4O2S/c1-4-18-13(19)16-17-14(18)21-9-11(15-2)10-7-5-6-8-12(10)20-3/h5-8,11,15H,4,9H2,1-3H3,(H,16,19). The number of nitrogens with one attached hydrogen (secondary N) is 2. The van der Waals surface area contributed by atoms with Gasteiger partial charge in [-0.1, -0.05) is 30.0 Å². The molecular formula is C14H20N4O2S. The summed E-state index contributed by atoms with van der Waals surface area (Å²) in [5.74, 6) is 1.61. The molecule has 0 amide bonds. The molecule has 1 heterocycles. The summed E-state index contributed by atoms with van der Waals surface area (Å²) >= 11 is 1.54. The van der Waals surface area contributed by atoms with Crippen LogP contribution in [0.1, 0.15) is 18.5 Å². The van der Waals surface area contributed by atoms with Crippen molar-refractivity contribution in [2.75, 3.05) is 19.9 Å². The molecule has 2 rings (SSSR count). The van der Waals surface area contributed by atoms with Crippen LogP contribution in [-0.2, 0) is 6.54 Å². The quantitative estimate of drug-likeness (QED) is 0.761. The topological polar surface area (TPSA) is 71.9 Å². The first-order valence-electron chi connectivity index (χ1n) is 6.79. The van der Waals surface area contributed by atoms with Crippen LogP contribution in [0.3, 0.4) is 0 Å². The highest BCUT2D eigenvalue weighted by Gasteiger charge is 2.16. The zero-order valence-corrected chi connectivity index (χ0v) is 13.2. The number of H-pyrrole nitrogens is 1. The number of hydrogen-bond donors (Lipinski definition) is 2. The SMILES string of the molecule is CCn1c(SCC(NC)c2ccccc2OC)n[nH]c1=O. The van der Waals surface area contributed by atoms with Crippen molar-refractivity contribution in [2.24, 2.45) is 0 Å². The Balaban J connectivity index is 2.14. The van der Waals surface area contributed by atoms with Gasteiger partial charge in [0.25, 0.3) is 0 Å². The highest BCUT2D eigenvalue weighted by Crippen LogP contribution is 2.28. The maximum atomic E-state index is 11.6. The van der Waals surface area contributed by atoms with Crippen molar-refractivity contribution in [1.82, 2.24) is 20.1 Å². The average Bonchev–Trinajstić information content (AvgIpc) is 2.88.